The van der Waals surface area contributed by atoms with Gasteiger partial charge in [-0.1, -0.05) is 18.2 Å². The molecule has 0 spiro atoms. The average molecular weight is 219 g/mol. The standard InChI is InChI=1S/C13H17NO2/c1-16-13-4-2-10(3-5-13)11-6-7-14-12(8-11)9-15/h2-6,12,14-15H,7-9H2,1H3. The Hall–Kier alpha value is -1.32. The second kappa shape index (κ2) is 5.14. The van der Waals surface area contributed by atoms with E-state index in [1.807, 2.05) is 12.1 Å². The Morgan fingerprint density at radius 3 is 2.75 bits per heavy atom. The molecule has 1 aliphatic rings. The van der Waals surface area contributed by atoms with Gasteiger partial charge in [-0.3, -0.25) is 0 Å². The number of methoxy groups -OCH3 is 1. The van der Waals surface area contributed by atoms with Crippen LogP contribution in [-0.2, 0) is 0 Å². The number of hydrogen-bond acceptors (Lipinski definition) is 3. The average Bonchev–Trinajstić information content (AvgIpc) is 2.39. The summed E-state index contributed by atoms with van der Waals surface area (Å²) in [5.41, 5.74) is 2.50. The third-order valence-corrected chi connectivity index (χ3v) is 2.90. The molecule has 0 aromatic heterocycles. The summed E-state index contributed by atoms with van der Waals surface area (Å²) in [7, 11) is 1.67. The molecule has 0 aliphatic carbocycles. The molecule has 1 aromatic rings. The van der Waals surface area contributed by atoms with Gasteiger partial charge in [0.2, 0.25) is 0 Å². The van der Waals surface area contributed by atoms with Crippen molar-refractivity contribution in [1.29, 1.82) is 0 Å². The van der Waals surface area contributed by atoms with Gasteiger partial charge < -0.3 is 15.2 Å². The maximum Gasteiger partial charge on any atom is 0.118 e. The molecule has 0 bridgehead atoms. The number of hydrogen-bond donors (Lipinski definition) is 2. The molecule has 1 aromatic carbocycles. The number of aliphatic hydroxyl groups is 1. The highest BCUT2D eigenvalue weighted by Crippen LogP contribution is 2.24. The van der Waals surface area contributed by atoms with E-state index >= 15 is 0 Å². The zero-order valence-corrected chi connectivity index (χ0v) is 9.44. The molecule has 2 N–H and O–H groups in total. The lowest BCUT2D eigenvalue weighted by molar-refractivity contribution is 0.245. The van der Waals surface area contributed by atoms with Gasteiger partial charge in [0, 0.05) is 12.6 Å². The third kappa shape index (κ3) is 2.43. The Balaban J connectivity index is 2.14. The summed E-state index contributed by atoms with van der Waals surface area (Å²) < 4.78 is 5.13. The molecular weight excluding hydrogens is 202 g/mol. The van der Waals surface area contributed by atoms with Crippen molar-refractivity contribution in [1.82, 2.24) is 5.32 Å². The molecule has 0 saturated carbocycles. The van der Waals surface area contributed by atoms with Crippen LogP contribution in [0.15, 0.2) is 30.3 Å². The second-order valence-corrected chi connectivity index (χ2v) is 3.95. The molecule has 16 heavy (non-hydrogen) atoms. The van der Waals surface area contributed by atoms with Crippen LogP contribution in [-0.4, -0.2) is 31.4 Å². The molecule has 2 rings (SSSR count). The van der Waals surface area contributed by atoms with Crippen molar-refractivity contribution in [2.45, 2.75) is 12.5 Å². The molecule has 3 nitrogen and oxygen atoms in total. The van der Waals surface area contributed by atoms with E-state index in [2.05, 4.69) is 23.5 Å². The first-order valence-corrected chi connectivity index (χ1v) is 5.51. The van der Waals surface area contributed by atoms with Crippen molar-refractivity contribution < 1.29 is 9.84 Å². The van der Waals surface area contributed by atoms with Gasteiger partial charge in [0.25, 0.3) is 0 Å². The summed E-state index contributed by atoms with van der Waals surface area (Å²) in [4.78, 5) is 0. The summed E-state index contributed by atoms with van der Waals surface area (Å²) in [6, 6.07) is 8.23. The van der Waals surface area contributed by atoms with Crippen LogP contribution in [0.5, 0.6) is 5.75 Å². The zero-order valence-electron chi connectivity index (χ0n) is 9.44. The summed E-state index contributed by atoms with van der Waals surface area (Å²) in [5, 5.41) is 12.4. The van der Waals surface area contributed by atoms with E-state index in [1.54, 1.807) is 7.11 Å². The first-order chi connectivity index (χ1) is 7.83. The smallest absolute Gasteiger partial charge is 0.118 e. The minimum Gasteiger partial charge on any atom is -0.497 e. The largest absolute Gasteiger partial charge is 0.497 e. The van der Waals surface area contributed by atoms with Crippen LogP contribution in [0.4, 0.5) is 0 Å². The van der Waals surface area contributed by atoms with Crippen molar-refractivity contribution in [2.24, 2.45) is 0 Å². The number of rotatable bonds is 3. The van der Waals surface area contributed by atoms with Crippen molar-refractivity contribution in [3.63, 3.8) is 0 Å². The Labute approximate surface area is 95.7 Å². The SMILES string of the molecule is COc1ccc(C2=CCNC(CO)C2)cc1. The van der Waals surface area contributed by atoms with Crippen molar-refractivity contribution in [2.75, 3.05) is 20.3 Å². The van der Waals surface area contributed by atoms with Crippen molar-refractivity contribution in [3.05, 3.63) is 35.9 Å². The fraction of sp³-hybridized carbons (Fsp3) is 0.385. The number of ether oxygens (including phenoxy) is 1. The highest BCUT2D eigenvalue weighted by molar-refractivity contribution is 5.67. The fourth-order valence-corrected chi connectivity index (χ4v) is 1.94. The van der Waals surface area contributed by atoms with Gasteiger partial charge in [-0.15, -0.1) is 0 Å². The topological polar surface area (TPSA) is 41.5 Å². The van der Waals surface area contributed by atoms with E-state index in [0.29, 0.717) is 0 Å². The predicted molar refractivity (Wildman–Crippen MR) is 64.5 cm³/mol. The first kappa shape index (κ1) is 11.2. The zero-order chi connectivity index (χ0) is 11.4. The maximum atomic E-state index is 9.13. The van der Waals surface area contributed by atoms with E-state index in [-0.39, 0.29) is 12.6 Å². The molecule has 1 atom stereocenters. The quantitative estimate of drug-likeness (QED) is 0.808. The van der Waals surface area contributed by atoms with Gasteiger partial charge in [0.15, 0.2) is 0 Å². The van der Waals surface area contributed by atoms with Gasteiger partial charge in [0.05, 0.1) is 13.7 Å². The van der Waals surface area contributed by atoms with Crippen LogP contribution in [0.3, 0.4) is 0 Å². The maximum absolute atomic E-state index is 9.13. The molecule has 1 unspecified atom stereocenters. The Morgan fingerprint density at radius 1 is 1.38 bits per heavy atom. The molecule has 1 aliphatic heterocycles. The van der Waals surface area contributed by atoms with Gasteiger partial charge in [-0.05, 0) is 29.7 Å². The molecule has 3 heteroatoms. The minimum absolute atomic E-state index is 0.183. The first-order valence-electron chi connectivity index (χ1n) is 5.51. The molecule has 0 amide bonds. The lowest BCUT2D eigenvalue weighted by Gasteiger charge is -2.22. The summed E-state index contributed by atoms with van der Waals surface area (Å²) >= 11 is 0. The highest BCUT2D eigenvalue weighted by atomic mass is 16.5. The summed E-state index contributed by atoms with van der Waals surface area (Å²) in [6.45, 7) is 1.01. The normalized spacial score (nSPS) is 20.4. The van der Waals surface area contributed by atoms with Crippen LogP contribution >= 0.6 is 0 Å². The van der Waals surface area contributed by atoms with Crippen molar-refractivity contribution in [3.8, 4) is 5.75 Å². The van der Waals surface area contributed by atoms with Crippen molar-refractivity contribution >= 4 is 5.57 Å². The molecule has 1 heterocycles. The Bertz CT molecular complexity index is 370. The fourth-order valence-electron chi connectivity index (χ4n) is 1.94. The molecule has 0 radical (unpaired) electrons. The van der Waals surface area contributed by atoms with E-state index in [1.165, 1.54) is 11.1 Å². The number of nitrogens with one attached hydrogen (secondary N) is 1. The Morgan fingerprint density at radius 2 is 2.12 bits per heavy atom. The van der Waals surface area contributed by atoms with Crippen LogP contribution in [0, 0.1) is 0 Å². The number of aliphatic hydroxyl groups excluding tert-OH is 1. The predicted octanol–water partition coefficient (Wildman–Crippen LogP) is 1.43. The van der Waals surface area contributed by atoms with Gasteiger partial charge >= 0.3 is 0 Å². The Kier molecular flexibility index (Phi) is 3.59. The van der Waals surface area contributed by atoms with E-state index in [4.69, 9.17) is 9.84 Å². The van der Waals surface area contributed by atoms with Gasteiger partial charge in [-0.2, -0.15) is 0 Å². The lowest BCUT2D eigenvalue weighted by Crippen LogP contribution is -2.35. The highest BCUT2D eigenvalue weighted by Gasteiger charge is 2.14. The summed E-state index contributed by atoms with van der Waals surface area (Å²) in [6.07, 6.45) is 3.05. The van der Waals surface area contributed by atoms with Gasteiger partial charge in [0.1, 0.15) is 5.75 Å². The molecule has 0 fully saturated rings. The summed E-state index contributed by atoms with van der Waals surface area (Å²) in [5.74, 6) is 0.872. The van der Waals surface area contributed by atoms with Crippen LogP contribution in [0.25, 0.3) is 5.57 Å². The molecule has 0 saturated heterocycles. The van der Waals surface area contributed by atoms with Gasteiger partial charge in [-0.25, -0.2) is 0 Å². The molecular formula is C13H17NO2. The second-order valence-electron chi connectivity index (χ2n) is 3.95. The van der Waals surface area contributed by atoms with Crippen LogP contribution in [0.1, 0.15) is 12.0 Å². The van der Waals surface area contributed by atoms with Crippen LogP contribution < -0.4 is 10.1 Å². The lowest BCUT2D eigenvalue weighted by atomic mass is 9.96. The third-order valence-electron chi connectivity index (χ3n) is 2.90. The number of benzene rings is 1. The minimum atomic E-state index is 0.183. The van der Waals surface area contributed by atoms with E-state index in [9.17, 15) is 0 Å². The monoisotopic (exact) mass is 219 g/mol. The van der Waals surface area contributed by atoms with E-state index < -0.39 is 0 Å². The molecule has 86 valence electrons. The van der Waals surface area contributed by atoms with Crippen LogP contribution in [0.2, 0.25) is 0 Å². The van der Waals surface area contributed by atoms with E-state index in [0.717, 1.165) is 18.7 Å².